The highest BCUT2D eigenvalue weighted by Crippen LogP contribution is 2.22. The van der Waals surface area contributed by atoms with Crippen molar-refractivity contribution in [2.45, 2.75) is 46.8 Å². The van der Waals surface area contributed by atoms with E-state index in [4.69, 9.17) is 0 Å². The summed E-state index contributed by atoms with van der Waals surface area (Å²) in [7, 11) is 0. The summed E-state index contributed by atoms with van der Waals surface area (Å²) in [5.41, 5.74) is 2.97. The normalized spacial score (nSPS) is 13.8. The SMILES string of the molecule is Cc1nn(C(C)C)c(C)c1[C@@H](C)O. The second kappa shape index (κ2) is 3.50. The molecule has 0 saturated heterocycles. The highest BCUT2D eigenvalue weighted by atomic mass is 16.3. The number of hydrogen-bond donors (Lipinski definition) is 1. The van der Waals surface area contributed by atoms with Crippen LogP contribution in [0.3, 0.4) is 0 Å². The maximum absolute atomic E-state index is 9.53. The van der Waals surface area contributed by atoms with Crippen LogP contribution in [0.15, 0.2) is 0 Å². The Bertz CT molecular complexity index is 300. The first-order valence-corrected chi connectivity index (χ1v) is 4.68. The zero-order chi connectivity index (χ0) is 10.2. The molecule has 0 aliphatic rings. The second-order valence-corrected chi connectivity index (χ2v) is 3.80. The fourth-order valence-electron chi connectivity index (χ4n) is 1.78. The molecule has 0 aliphatic heterocycles. The van der Waals surface area contributed by atoms with Crippen LogP contribution in [0.4, 0.5) is 0 Å². The van der Waals surface area contributed by atoms with Crippen molar-refractivity contribution in [3.63, 3.8) is 0 Å². The highest BCUT2D eigenvalue weighted by Gasteiger charge is 2.16. The lowest BCUT2D eigenvalue weighted by molar-refractivity contribution is 0.197. The van der Waals surface area contributed by atoms with E-state index in [1.807, 2.05) is 18.5 Å². The molecule has 0 bridgehead atoms. The molecule has 3 nitrogen and oxygen atoms in total. The number of aliphatic hydroxyl groups excluding tert-OH is 1. The summed E-state index contributed by atoms with van der Waals surface area (Å²) in [6.45, 7) is 9.90. The molecule has 0 amide bonds. The smallest absolute Gasteiger partial charge is 0.0797 e. The Hall–Kier alpha value is -0.830. The van der Waals surface area contributed by atoms with Crippen molar-refractivity contribution in [2.75, 3.05) is 0 Å². The summed E-state index contributed by atoms with van der Waals surface area (Å²) in [5, 5.41) is 13.9. The molecule has 0 spiro atoms. The lowest BCUT2D eigenvalue weighted by Crippen LogP contribution is -2.05. The van der Waals surface area contributed by atoms with Gasteiger partial charge < -0.3 is 5.11 Å². The topological polar surface area (TPSA) is 38.0 Å². The average molecular weight is 182 g/mol. The van der Waals surface area contributed by atoms with Gasteiger partial charge in [0, 0.05) is 17.3 Å². The summed E-state index contributed by atoms with van der Waals surface area (Å²) in [5.74, 6) is 0. The Labute approximate surface area is 79.4 Å². The van der Waals surface area contributed by atoms with E-state index in [0.717, 1.165) is 17.0 Å². The van der Waals surface area contributed by atoms with Crippen molar-refractivity contribution in [2.24, 2.45) is 0 Å². The first-order chi connectivity index (χ1) is 5.95. The molecule has 1 heterocycles. The van der Waals surface area contributed by atoms with E-state index in [1.54, 1.807) is 6.92 Å². The molecule has 0 aromatic carbocycles. The third-order valence-corrected chi connectivity index (χ3v) is 2.29. The first kappa shape index (κ1) is 10.3. The van der Waals surface area contributed by atoms with Crippen LogP contribution in [0.1, 0.15) is 49.9 Å². The predicted octanol–water partition coefficient (Wildman–Crippen LogP) is 2.13. The van der Waals surface area contributed by atoms with Crippen molar-refractivity contribution < 1.29 is 5.11 Å². The molecular weight excluding hydrogens is 164 g/mol. The fourth-order valence-corrected chi connectivity index (χ4v) is 1.78. The van der Waals surface area contributed by atoms with Gasteiger partial charge in [0.15, 0.2) is 0 Å². The van der Waals surface area contributed by atoms with Gasteiger partial charge in [-0.3, -0.25) is 4.68 Å². The molecule has 3 heteroatoms. The van der Waals surface area contributed by atoms with Crippen LogP contribution in [0.25, 0.3) is 0 Å². The Balaban J connectivity index is 3.22. The van der Waals surface area contributed by atoms with Crippen LogP contribution in [0.5, 0.6) is 0 Å². The largest absolute Gasteiger partial charge is 0.389 e. The number of hydrogen-bond acceptors (Lipinski definition) is 2. The fraction of sp³-hybridized carbons (Fsp3) is 0.700. The quantitative estimate of drug-likeness (QED) is 0.761. The molecule has 74 valence electrons. The van der Waals surface area contributed by atoms with Gasteiger partial charge in [0.2, 0.25) is 0 Å². The first-order valence-electron chi connectivity index (χ1n) is 4.68. The van der Waals surface area contributed by atoms with Crippen molar-refractivity contribution >= 4 is 0 Å². The van der Waals surface area contributed by atoms with E-state index in [1.165, 1.54) is 0 Å². The van der Waals surface area contributed by atoms with Gasteiger partial charge in [0.1, 0.15) is 0 Å². The van der Waals surface area contributed by atoms with Gasteiger partial charge in [-0.25, -0.2) is 0 Å². The molecule has 0 radical (unpaired) electrons. The Morgan fingerprint density at radius 2 is 1.77 bits per heavy atom. The third kappa shape index (κ3) is 1.75. The molecule has 0 unspecified atom stereocenters. The number of nitrogens with zero attached hydrogens (tertiary/aromatic N) is 2. The lowest BCUT2D eigenvalue weighted by atomic mass is 10.1. The van der Waals surface area contributed by atoms with Gasteiger partial charge in [0.05, 0.1) is 11.8 Å². The van der Waals surface area contributed by atoms with Crippen LogP contribution in [0, 0.1) is 13.8 Å². The van der Waals surface area contributed by atoms with E-state index >= 15 is 0 Å². The Kier molecular flexibility index (Phi) is 2.76. The third-order valence-electron chi connectivity index (χ3n) is 2.29. The van der Waals surface area contributed by atoms with E-state index in [-0.39, 0.29) is 0 Å². The van der Waals surface area contributed by atoms with Crippen LogP contribution in [-0.4, -0.2) is 14.9 Å². The van der Waals surface area contributed by atoms with E-state index < -0.39 is 6.10 Å². The van der Waals surface area contributed by atoms with Crippen LogP contribution < -0.4 is 0 Å². The molecule has 0 fully saturated rings. The molecule has 0 aliphatic carbocycles. The maximum atomic E-state index is 9.53. The number of aromatic nitrogens is 2. The van der Waals surface area contributed by atoms with Gasteiger partial charge >= 0.3 is 0 Å². The van der Waals surface area contributed by atoms with Crippen molar-refractivity contribution in [1.82, 2.24) is 9.78 Å². The van der Waals surface area contributed by atoms with Crippen LogP contribution in [-0.2, 0) is 0 Å². The van der Waals surface area contributed by atoms with Gasteiger partial charge in [-0.15, -0.1) is 0 Å². The predicted molar refractivity (Wildman–Crippen MR) is 52.7 cm³/mol. The van der Waals surface area contributed by atoms with E-state index in [9.17, 15) is 5.11 Å². The highest BCUT2D eigenvalue weighted by molar-refractivity contribution is 5.26. The number of aryl methyl sites for hydroxylation is 1. The minimum Gasteiger partial charge on any atom is -0.389 e. The molecule has 1 rings (SSSR count). The molecule has 0 saturated carbocycles. The zero-order valence-corrected chi connectivity index (χ0v) is 9.00. The minimum absolute atomic E-state index is 0.353. The average Bonchev–Trinajstić information content (AvgIpc) is 2.26. The van der Waals surface area contributed by atoms with Crippen molar-refractivity contribution in [1.29, 1.82) is 0 Å². The Morgan fingerprint density at radius 3 is 2.00 bits per heavy atom. The molecule has 1 N–H and O–H groups in total. The molecule has 1 atom stereocenters. The summed E-state index contributed by atoms with van der Waals surface area (Å²) < 4.78 is 1.96. The summed E-state index contributed by atoms with van der Waals surface area (Å²) in [6.07, 6.45) is -0.424. The standard InChI is InChI=1S/C10H18N2O/c1-6(2)12-8(4)10(9(5)13)7(3)11-12/h6,9,13H,1-5H3/t9-/m1/s1. The molecule has 1 aromatic rings. The Morgan fingerprint density at radius 1 is 1.23 bits per heavy atom. The van der Waals surface area contributed by atoms with E-state index in [2.05, 4.69) is 18.9 Å². The molecular formula is C10H18N2O. The number of rotatable bonds is 2. The minimum atomic E-state index is -0.424. The van der Waals surface area contributed by atoms with E-state index in [0.29, 0.717) is 6.04 Å². The summed E-state index contributed by atoms with van der Waals surface area (Å²) >= 11 is 0. The van der Waals surface area contributed by atoms with Gasteiger partial charge in [-0.2, -0.15) is 5.10 Å². The second-order valence-electron chi connectivity index (χ2n) is 3.80. The number of aliphatic hydroxyl groups is 1. The monoisotopic (exact) mass is 182 g/mol. The van der Waals surface area contributed by atoms with Gasteiger partial charge in [-0.05, 0) is 34.6 Å². The molecule has 1 aromatic heterocycles. The van der Waals surface area contributed by atoms with Crippen LogP contribution in [0.2, 0.25) is 0 Å². The van der Waals surface area contributed by atoms with Crippen LogP contribution >= 0.6 is 0 Å². The van der Waals surface area contributed by atoms with Crippen molar-refractivity contribution in [3.05, 3.63) is 17.0 Å². The summed E-state index contributed by atoms with van der Waals surface area (Å²) in [4.78, 5) is 0. The van der Waals surface area contributed by atoms with Crippen molar-refractivity contribution in [3.8, 4) is 0 Å². The van der Waals surface area contributed by atoms with Gasteiger partial charge in [0.25, 0.3) is 0 Å². The molecule has 13 heavy (non-hydrogen) atoms. The van der Waals surface area contributed by atoms with Gasteiger partial charge in [-0.1, -0.05) is 0 Å². The lowest BCUT2D eigenvalue weighted by Gasteiger charge is -2.09. The zero-order valence-electron chi connectivity index (χ0n) is 9.00. The maximum Gasteiger partial charge on any atom is 0.0797 e. The summed E-state index contributed by atoms with van der Waals surface area (Å²) in [6, 6.07) is 0.353.